The molecule has 2 aromatic rings. The molecule has 0 saturated heterocycles. The van der Waals surface area contributed by atoms with E-state index in [4.69, 9.17) is 5.73 Å². The number of rotatable bonds is 4. The molecule has 0 aromatic heterocycles. The molecule has 0 bridgehead atoms. The lowest BCUT2D eigenvalue weighted by Crippen LogP contribution is -2.23. The normalized spacial score (nSPS) is 10.2. The Balaban J connectivity index is 2.05. The average Bonchev–Trinajstić information content (AvgIpc) is 2.44. The summed E-state index contributed by atoms with van der Waals surface area (Å²) in [4.78, 5) is 14.1. The summed E-state index contributed by atoms with van der Waals surface area (Å²) in [5, 5.41) is 2.91. The highest BCUT2D eigenvalue weighted by molar-refractivity contribution is 5.96. The minimum absolute atomic E-state index is 0.117. The quantitative estimate of drug-likeness (QED) is 0.848. The lowest BCUT2D eigenvalue weighted by atomic mass is 10.1. The van der Waals surface area contributed by atoms with Crippen LogP contribution in [0.3, 0.4) is 0 Å². The predicted molar refractivity (Wildman–Crippen MR) is 87.5 cm³/mol. The van der Waals surface area contributed by atoms with Gasteiger partial charge in [0, 0.05) is 26.2 Å². The molecule has 2 rings (SSSR count). The number of aryl methyl sites for hydroxylation is 1. The van der Waals surface area contributed by atoms with Gasteiger partial charge in [0.1, 0.15) is 0 Å². The average molecular weight is 283 g/mol. The number of hydrogen-bond acceptors (Lipinski definition) is 3. The van der Waals surface area contributed by atoms with Crippen molar-refractivity contribution in [3.63, 3.8) is 0 Å². The summed E-state index contributed by atoms with van der Waals surface area (Å²) in [5.41, 5.74) is 10.3. The molecule has 0 fully saturated rings. The number of nitrogen functional groups attached to an aromatic ring is 1. The highest BCUT2D eigenvalue weighted by Gasteiger charge is 2.09. The Labute approximate surface area is 125 Å². The molecule has 0 radical (unpaired) electrons. The van der Waals surface area contributed by atoms with E-state index in [0.29, 0.717) is 17.8 Å². The van der Waals surface area contributed by atoms with Crippen LogP contribution in [-0.2, 0) is 6.54 Å². The van der Waals surface area contributed by atoms with E-state index >= 15 is 0 Å². The van der Waals surface area contributed by atoms with Gasteiger partial charge in [-0.1, -0.05) is 29.8 Å². The molecule has 2 aromatic carbocycles. The molecular formula is C17H21N3O. The summed E-state index contributed by atoms with van der Waals surface area (Å²) in [6.45, 7) is 2.54. The van der Waals surface area contributed by atoms with Crippen molar-refractivity contribution in [1.29, 1.82) is 0 Å². The van der Waals surface area contributed by atoms with Crippen LogP contribution in [0.1, 0.15) is 21.5 Å². The Hall–Kier alpha value is -2.49. The lowest BCUT2D eigenvalue weighted by Gasteiger charge is -2.16. The Morgan fingerprint density at radius 3 is 2.57 bits per heavy atom. The SMILES string of the molecule is Cc1cccc(CNC(=O)c2ccc(N(C)C)c(N)c2)c1. The van der Waals surface area contributed by atoms with Gasteiger partial charge in [-0.05, 0) is 30.7 Å². The highest BCUT2D eigenvalue weighted by atomic mass is 16.1. The zero-order valence-electron chi connectivity index (χ0n) is 12.7. The smallest absolute Gasteiger partial charge is 0.251 e. The second-order valence-electron chi connectivity index (χ2n) is 5.34. The van der Waals surface area contributed by atoms with Crippen LogP contribution >= 0.6 is 0 Å². The van der Waals surface area contributed by atoms with Crippen LogP contribution in [0.15, 0.2) is 42.5 Å². The lowest BCUT2D eigenvalue weighted by molar-refractivity contribution is 0.0951. The van der Waals surface area contributed by atoms with Gasteiger partial charge in [0.05, 0.1) is 11.4 Å². The van der Waals surface area contributed by atoms with Crippen LogP contribution < -0.4 is 16.0 Å². The molecule has 0 heterocycles. The van der Waals surface area contributed by atoms with Crippen molar-refractivity contribution in [2.75, 3.05) is 24.7 Å². The fraction of sp³-hybridized carbons (Fsp3) is 0.235. The second-order valence-corrected chi connectivity index (χ2v) is 5.34. The number of carbonyl (C=O) groups is 1. The molecule has 4 nitrogen and oxygen atoms in total. The molecule has 110 valence electrons. The van der Waals surface area contributed by atoms with Crippen molar-refractivity contribution in [3.8, 4) is 0 Å². The van der Waals surface area contributed by atoms with Crippen LogP contribution in [0.2, 0.25) is 0 Å². The first-order valence-corrected chi connectivity index (χ1v) is 6.88. The van der Waals surface area contributed by atoms with Crippen molar-refractivity contribution in [2.24, 2.45) is 0 Å². The van der Waals surface area contributed by atoms with Crippen LogP contribution in [-0.4, -0.2) is 20.0 Å². The maximum absolute atomic E-state index is 12.2. The molecule has 0 unspecified atom stereocenters. The summed E-state index contributed by atoms with van der Waals surface area (Å²) >= 11 is 0. The van der Waals surface area contributed by atoms with E-state index < -0.39 is 0 Å². The standard InChI is InChI=1S/C17H21N3O/c1-12-5-4-6-13(9-12)11-19-17(21)14-7-8-16(20(2)3)15(18)10-14/h4-10H,11,18H2,1-3H3,(H,19,21). The van der Waals surface area contributed by atoms with Crippen molar-refractivity contribution < 1.29 is 4.79 Å². The summed E-state index contributed by atoms with van der Waals surface area (Å²) in [5.74, 6) is -0.117. The molecule has 21 heavy (non-hydrogen) atoms. The first-order chi connectivity index (χ1) is 9.97. The van der Waals surface area contributed by atoms with Crippen molar-refractivity contribution >= 4 is 17.3 Å². The second kappa shape index (κ2) is 6.31. The van der Waals surface area contributed by atoms with E-state index in [0.717, 1.165) is 11.3 Å². The highest BCUT2D eigenvalue weighted by Crippen LogP contribution is 2.22. The van der Waals surface area contributed by atoms with Gasteiger partial charge in [-0.2, -0.15) is 0 Å². The maximum Gasteiger partial charge on any atom is 0.251 e. The molecule has 0 spiro atoms. The molecular weight excluding hydrogens is 262 g/mol. The van der Waals surface area contributed by atoms with Crippen LogP contribution in [0.5, 0.6) is 0 Å². The van der Waals surface area contributed by atoms with Crippen LogP contribution in [0.25, 0.3) is 0 Å². The number of nitrogens with two attached hydrogens (primary N) is 1. The fourth-order valence-electron chi connectivity index (χ4n) is 2.21. The van der Waals surface area contributed by atoms with Crippen molar-refractivity contribution in [2.45, 2.75) is 13.5 Å². The number of benzene rings is 2. The number of anilines is 2. The molecule has 0 saturated carbocycles. The molecule has 1 amide bonds. The first-order valence-electron chi connectivity index (χ1n) is 6.88. The van der Waals surface area contributed by atoms with Gasteiger partial charge >= 0.3 is 0 Å². The molecule has 0 atom stereocenters. The van der Waals surface area contributed by atoms with E-state index in [9.17, 15) is 4.79 Å². The van der Waals surface area contributed by atoms with E-state index in [-0.39, 0.29) is 5.91 Å². The van der Waals surface area contributed by atoms with Crippen molar-refractivity contribution in [3.05, 3.63) is 59.2 Å². The maximum atomic E-state index is 12.2. The van der Waals surface area contributed by atoms with Crippen LogP contribution in [0.4, 0.5) is 11.4 Å². The van der Waals surface area contributed by atoms with Gasteiger partial charge < -0.3 is 16.0 Å². The van der Waals surface area contributed by atoms with Gasteiger partial charge in [0.15, 0.2) is 0 Å². The summed E-state index contributed by atoms with van der Waals surface area (Å²) in [6.07, 6.45) is 0. The van der Waals surface area contributed by atoms with Gasteiger partial charge in [0.2, 0.25) is 0 Å². The number of amides is 1. The Kier molecular flexibility index (Phi) is 4.48. The van der Waals surface area contributed by atoms with E-state index in [1.54, 1.807) is 12.1 Å². The zero-order chi connectivity index (χ0) is 15.4. The van der Waals surface area contributed by atoms with Crippen molar-refractivity contribution in [1.82, 2.24) is 5.32 Å². The van der Waals surface area contributed by atoms with Gasteiger partial charge in [0.25, 0.3) is 5.91 Å². The third kappa shape index (κ3) is 3.75. The van der Waals surface area contributed by atoms with Gasteiger partial charge in [-0.15, -0.1) is 0 Å². The van der Waals surface area contributed by atoms with E-state index in [2.05, 4.69) is 11.4 Å². The Morgan fingerprint density at radius 2 is 1.95 bits per heavy atom. The molecule has 4 heteroatoms. The molecule has 0 aliphatic carbocycles. The van der Waals surface area contributed by atoms with Gasteiger partial charge in [-0.25, -0.2) is 0 Å². The fourth-order valence-corrected chi connectivity index (χ4v) is 2.21. The third-order valence-electron chi connectivity index (χ3n) is 3.31. The summed E-state index contributed by atoms with van der Waals surface area (Å²) in [7, 11) is 3.84. The minimum atomic E-state index is -0.117. The number of carbonyl (C=O) groups excluding carboxylic acids is 1. The molecule has 0 aliphatic rings. The predicted octanol–water partition coefficient (Wildman–Crippen LogP) is 2.57. The number of hydrogen-bond donors (Lipinski definition) is 2. The number of nitrogens with zero attached hydrogens (tertiary/aromatic N) is 1. The monoisotopic (exact) mass is 283 g/mol. The Morgan fingerprint density at radius 1 is 1.19 bits per heavy atom. The summed E-state index contributed by atoms with van der Waals surface area (Å²) < 4.78 is 0. The number of nitrogens with one attached hydrogen (secondary N) is 1. The topological polar surface area (TPSA) is 58.4 Å². The molecule has 0 aliphatic heterocycles. The van der Waals surface area contributed by atoms with E-state index in [1.165, 1.54) is 5.56 Å². The molecule has 3 N–H and O–H groups in total. The minimum Gasteiger partial charge on any atom is -0.397 e. The van der Waals surface area contributed by atoms with Gasteiger partial charge in [-0.3, -0.25) is 4.79 Å². The van der Waals surface area contributed by atoms with E-state index in [1.807, 2.05) is 50.2 Å². The summed E-state index contributed by atoms with van der Waals surface area (Å²) in [6, 6.07) is 13.4. The largest absolute Gasteiger partial charge is 0.397 e. The van der Waals surface area contributed by atoms with Crippen LogP contribution in [0, 0.1) is 6.92 Å². The Bertz CT molecular complexity index is 650. The first kappa shape index (κ1) is 14.9. The zero-order valence-corrected chi connectivity index (χ0v) is 12.7. The third-order valence-corrected chi connectivity index (χ3v) is 3.31.